The van der Waals surface area contributed by atoms with Gasteiger partial charge in [-0.25, -0.2) is 4.98 Å². The Morgan fingerprint density at radius 2 is 1.97 bits per heavy atom. The van der Waals surface area contributed by atoms with Gasteiger partial charge in [-0.1, -0.05) is 24.6 Å². The van der Waals surface area contributed by atoms with E-state index in [2.05, 4.69) is 54.5 Å². The number of aromatic nitrogens is 1. The van der Waals surface area contributed by atoms with Crippen molar-refractivity contribution >= 4 is 5.82 Å². The molecule has 5 nitrogen and oxygen atoms in total. The summed E-state index contributed by atoms with van der Waals surface area (Å²) in [5, 5.41) is 3.44. The zero-order valence-electron chi connectivity index (χ0n) is 21.7. The van der Waals surface area contributed by atoms with E-state index in [4.69, 9.17) is 14.5 Å². The van der Waals surface area contributed by atoms with Crippen molar-refractivity contribution in [1.82, 2.24) is 9.88 Å². The monoisotopic (exact) mass is 477 g/mol. The number of hydrogen-bond donors (Lipinski definition) is 1. The number of anilines is 1. The van der Waals surface area contributed by atoms with Crippen LogP contribution < -0.4 is 10.1 Å². The maximum Gasteiger partial charge on any atom is 0.129 e. The summed E-state index contributed by atoms with van der Waals surface area (Å²) in [5.74, 6) is 2.93. The average Bonchev–Trinajstić information content (AvgIpc) is 3.67. The van der Waals surface area contributed by atoms with Crippen molar-refractivity contribution in [1.29, 1.82) is 0 Å². The Morgan fingerprint density at radius 1 is 1.09 bits per heavy atom. The van der Waals surface area contributed by atoms with Crippen molar-refractivity contribution in [2.75, 3.05) is 32.1 Å². The van der Waals surface area contributed by atoms with Crippen LogP contribution in [0.25, 0.3) is 0 Å². The van der Waals surface area contributed by atoms with Crippen LogP contribution in [0.15, 0.2) is 30.3 Å². The molecule has 35 heavy (non-hydrogen) atoms. The van der Waals surface area contributed by atoms with Gasteiger partial charge < -0.3 is 14.8 Å². The topological polar surface area (TPSA) is 46.6 Å². The molecule has 0 bridgehead atoms. The number of rotatable bonds is 13. The third-order valence-corrected chi connectivity index (χ3v) is 7.94. The molecule has 0 amide bonds. The van der Waals surface area contributed by atoms with Crippen LogP contribution in [-0.2, 0) is 24.1 Å². The van der Waals surface area contributed by atoms with Gasteiger partial charge in [0.15, 0.2) is 0 Å². The summed E-state index contributed by atoms with van der Waals surface area (Å²) in [4.78, 5) is 7.34. The second kappa shape index (κ2) is 11.7. The summed E-state index contributed by atoms with van der Waals surface area (Å²) in [6, 6.07) is 11.7. The van der Waals surface area contributed by atoms with Gasteiger partial charge in [0.25, 0.3) is 0 Å². The molecular formula is C30H43N3O2. The number of nitrogens with one attached hydrogen (secondary N) is 1. The first-order valence-corrected chi connectivity index (χ1v) is 14.0. The number of hydrogen-bond acceptors (Lipinski definition) is 5. The van der Waals surface area contributed by atoms with Gasteiger partial charge in [0, 0.05) is 37.0 Å². The van der Waals surface area contributed by atoms with Gasteiger partial charge in [-0.15, -0.1) is 0 Å². The molecule has 0 atom stereocenters. The molecule has 0 radical (unpaired) electrons. The minimum absolute atomic E-state index is 0.438. The van der Waals surface area contributed by atoms with Gasteiger partial charge in [0.2, 0.25) is 0 Å². The number of ether oxygens (including phenoxy) is 2. The number of benzene rings is 1. The second-order valence-corrected chi connectivity index (χ2v) is 10.7. The summed E-state index contributed by atoms with van der Waals surface area (Å²) in [7, 11) is 2.27. The van der Waals surface area contributed by atoms with Crippen molar-refractivity contribution in [2.45, 2.75) is 95.7 Å². The Hall–Kier alpha value is -2.11. The molecule has 2 aliphatic carbocycles. The van der Waals surface area contributed by atoms with Crippen LogP contribution in [0.4, 0.5) is 5.82 Å². The molecule has 2 heterocycles. The van der Waals surface area contributed by atoms with Crippen LogP contribution in [0.2, 0.25) is 0 Å². The molecule has 2 aromatic rings. The van der Waals surface area contributed by atoms with E-state index in [0.29, 0.717) is 18.1 Å². The molecule has 3 aliphatic rings. The van der Waals surface area contributed by atoms with Crippen LogP contribution in [0, 0.1) is 0 Å². The Kier molecular flexibility index (Phi) is 8.25. The third-order valence-electron chi connectivity index (χ3n) is 7.94. The van der Waals surface area contributed by atoms with Gasteiger partial charge in [0.05, 0.1) is 12.7 Å². The SMILES string of the molecule is CCOc1cccc(CN(C)C2CC(OCCCCCc3ccc4c(n3)NCCC4)C2)c1C1CC1. The molecule has 2 saturated carbocycles. The smallest absolute Gasteiger partial charge is 0.129 e. The molecule has 5 rings (SSSR count). The Bertz CT molecular complexity index is 968. The van der Waals surface area contributed by atoms with Crippen molar-refractivity contribution in [2.24, 2.45) is 0 Å². The predicted molar refractivity (Wildman–Crippen MR) is 142 cm³/mol. The van der Waals surface area contributed by atoms with Crippen molar-refractivity contribution < 1.29 is 9.47 Å². The summed E-state index contributed by atoms with van der Waals surface area (Å²) in [5.41, 5.74) is 5.52. The Labute approximate surface area is 211 Å². The first kappa shape index (κ1) is 24.6. The fourth-order valence-corrected chi connectivity index (χ4v) is 5.62. The first-order valence-electron chi connectivity index (χ1n) is 14.0. The summed E-state index contributed by atoms with van der Waals surface area (Å²) < 4.78 is 12.1. The highest BCUT2D eigenvalue weighted by Crippen LogP contribution is 2.46. The molecule has 1 N–H and O–H groups in total. The lowest BCUT2D eigenvalue weighted by atomic mass is 9.87. The zero-order chi connectivity index (χ0) is 24.0. The van der Waals surface area contributed by atoms with E-state index in [-0.39, 0.29) is 0 Å². The minimum Gasteiger partial charge on any atom is -0.494 e. The van der Waals surface area contributed by atoms with Gasteiger partial charge in [-0.05, 0) is 101 Å². The van der Waals surface area contributed by atoms with E-state index >= 15 is 0 Å². The molecule has 2 fully saturated rings. The molecule has 0 unspecified atom stereocenters. The van der Waals surface area contributed by atoms with Gasteiger partial charge in [0.1, 0.15) is 11.6 Å². The lowest BCUT2D eigenvalue weighted by Crippen LogP contribution is -2.46. The Morgan fingerprint density at radius 3 is 2.80 bits per heavy atom. The molecule has 0 spiro atoms. The summed E-state index contributed by atoms with van der Waals surface area (Å²) in [6.07, 6.45) is 12.4. The lowest BCUT2D eigenvalue weighted by molar-refractivity contribution is -0.0479. The Balaban J connectivity index is 0.975. The highest BCUT2D eigenvalue weighted by molar-refractivity contribution is 5.47. The summed E-state index contributed by atoms with van der Waals surface area (Å²) in [6.45, 7) is 5.77. The van der Waals surface area contributed by atoms with Gasteiger partial charge >= 0.3 is 0 Å². The van der Waals surface area contributed by atoms with E-state index in [0.717, 1.165) is 70.0 Å². The van der Waals surface area contributed by atoms with Gasteiger partial charge in [-0.3, -0.25) is 4.90 Å². The predicted octanol–water partition coefficient (Wildman–Crippen LogP) is 6.11. The third kappa shape index (κ3) is 6.37. The quantitative estimate of drug-likeness (QED) is 0.353. The second-order valence-electron chi connectivity index (χ2n) is 10.7. The maximum atomic E-state index is 6.19. The number of pyridine rings is 1. The van der Waals surface area contributed by atoms with Crippen molar-refractivity contribution in [3.05, 3.63) is 52.7 Å². The van der Waals surface area contributed by atoms with Crippen molar-refractivity contribution in [3.63, 3.8) is 0 Å². The van der Waals surface area contributed by atoms with Crippen LogP contribution in [0.5, 0.6) is 5.75 Å². The average molecular weight is 478 g/mol. The molecule has 0 saturated heterocycles. The van der Waals surface area contributed by atoms with Crippen molar-refractivity contribution in [3.8, 4) is 5.75 Å². The van der Waals surface area contributed by atoms with E-state index in [1.54, 1.807) is 0 Å². The van der Waals surface area contributed by atoms with E-state index in [9.17, 15) is 0 Å². The highest BCUT2D eigenvalue weighted by atomic mass is 16.5. The molecule has 1 aliphatic heterocycles. The first-order chi connectivity index (χ1) is 17.2. The normalized spacial score (nSPS) is 21.3. The molecular weight excluding hydrogens is 434 g/mol. The summed E-state index contributed by atoms with van der Waals surface area (Å²) >= 11 is 0. The standard InChI is InChI=1S/C30H43N3O2/c1-3-34-28-12-7-9-24(29(28)22-13-14-22)21-33(2)26-19-27(20-26)35-18-6-4-5-11-25-16-15-23-10-8-17-31-30(23)32-25/h7,9,12,15-16,22,26-27H,3-6,8,10-11,13-14,17-21H2,1-2H3,(H,31,32). The number of unbranched alkanes of at least 4 members (excludes halogenated alkanes) is 2. The maximum absolute atomic E-state index is 6.19. The molecule has 1 aromatic heterocycles. The largest absolute Gasteiger partial charge is 0.494 e. The number of nitrogens with zero attached hydrogens (tertiary/aromatic N) is 2. The minimum atomic E-state index is 0.438. The number of aryl methyl sites for hydroxylation is 2. The lowest BCUT2D eigenvalue weighted by Gasteiger charge is -2.41. The van der Waals surface area contributed by atoms with Crippen LogP contribution in [0.3, 0.4) is 0 Å². The van der Waals surface area contributed by atoms with E-state index in [1.807, 2.05) is 0 Å². The molecule has 190 valence electrons. The fourth-order valence-electron chi connectivity index (χ4n) is 5.62. The zero-order valence-corrected chi connectivity index (χ0v) is 21.7. The highest BCUT2D eigenvalue weighted by Gasteiger charge is 2.34. The van der Waals surface area contributed by atoms with Crippen LogP contribution in [0.1, 0.15) is 86.6 Å². The number of fused-ring (bicyclic) bond motifs is 1. The molecule has 5 heteroatoms. The van der Waals surface area contributed by atoms with E-state index < -0.39 is 0 Å². The van der Waals surface area contributed by atoms with Gasteiger partial charge in [-0.2, -0.15) is 0 Å². The fraction of sp³-hybridized carbons (Fsp3) is 0.633. The van der Waals surface area contributed by atoms with E-state index in [1.165, 1.54) is 54.5 Å². The molecule has 1 aromatic carbocycles. The van der Waals surface area contributed by atoms with Crippen LogP contribution >= 0.6 is 0 Å². The van der Waals surface area contributed by atoms with Crippen LogP contribution in [-0.4, -0.2) is 48.8 Å².